The Labute approximate surface area is 180 Å². The number of benzene rings is 2. The number of nitrogens with one attached hydrogen (secondary N) is 1. The van der Waals surface area contributed by atoms with Gasteiger partial charge in [0.25, 0.3) is 5.91 Å². The van der Waals surface area contributed by atoms with E-state index in [1.807, 2.05) is 68.4 Å². The van der Waals surface area contributed by atoms with Crippen molar-refractivity contribution in [1.82, 2.24) is 10.2 Å². The van der Waals surface area contributed by atoms with E-state index < -0.39 is 6.04 Å². The predicted molar refractivity (Wildman–Crippen MR) is 121 cm³/mol. The Morgan fingerprint density at radius 1 is 0.967 bits per heavy atom. The standard InChI is InChI=1S/C25H34N2O3/c1-4-17-26-25(29)23(6-3)27(18-16-21-10-8-7-9-11-21)24(28)19-30-22-14-12-20(5-2)13-15-22/h7-15,23H,4-6,16-19H2,1-3H3,(H,26,29)/t23-/m1/s1. The molecule has 0 aliphatic heterocycles. The molecule has 5 nitrogen and oxygen atoms in total. The van der Waals surface area contributed by atoms with Crippen molar-refractivity contribution in [2.45, 2.75) is 52.5 Å². The lowest BCUT2D eigenvalue weighted by molar-refractivity contribution is -0.142. The molecule has 1 N–H and O–H groups in total. The van der Waals surface area contributed by atoms with Crippen LogP contribution >= 0.6 is 0 Å². The summed E-state index contributed by atoms with van der Waals surface area (Å²) >= 11 is 0. The second-order valence-electron chi connectivity index (χ2n) is 7.32. The summed E-state index contributed by atoms with van der Waals surface area (Å²) in [5.41, 5.74) is 2.35. The molecule has 0 heterocycles. The minimum atomic E-state index is -0.501. The number of ether oxygens (including phenoxy) is 1. The molecule has 1 atom stereocenters. The highest BCUT2D eigenvalue weighted by molar-refractivity contribution is 5.88. The van der Waals surface area contributed by atoms with Crippen LogP contribution in [-0.4, -0.2) is 42.5 Å². The topological polar surface area (TPSA) is 58.6 Å². The molecular weight excluding hydrogens is 376 g/mol. The van der Waals surface area contributed by atoms with E-state index in [2.05, 4.69) is 12.2 Å². The molecule has 0 aliphatic rings. The maximum absolute atomic E-state index is 13.1. The average molecular weight is 411 g/mol. The number of carbonyl (C=O) groups excluding carboxylic acids is 2. The van der Waals surface area contributed by atoms with Crippen LogP contribution in [0.3, 0.4) is 0 Å². The fourth-order valence-corrected chi connectivity index (χ4v) is 3.31. The van der Waals surface area contributed by atoms with Gasteiger partial charge in [0.1, 0.15) is 11.8 Å². The van der Waals surface area contributed by atoms with Gasteiger partial charge in [0.15, 0.2) is 6.61 Å². The molecule has 0 bridgehead atoms. The first-order valence-electron chi connectivity index (χ1n) is 10.9. The highest BCUT2D eigenvalue weighted by Crippen LogP contribution is 2.14. The second-order valence-corrected chi connectivity index (χ2v) is 7.32. The number of amides is 2. The Bertz CT molecular complexity index is 775. The Kier molecular flexibility index (Phi) is 9.92. The molecule has 0 fully saturated rings. The van der Waals surface area contributed by atoms with Gasteiger partial charge in [-0.25, -0.2) is 0 Å². The van der Waals surface area contributed by atoms with Crippen LogP contribution in [0, 0.1) is 0 Å². The van der Waals surface area contributed by atoms with Gasteiger partial charge in [0, 0.05) is 13.1 Å². The van der Waals surface area contributed by atoms with E-state index in [9.17, 15) is 9.59 Å². The summed E-state index contributed by atoms with van der Waals surface area (Å²) in [7, 11) is 0. The first kappa shape index (κ1) is 23.5. The van der Waals surface area contributed by atoms with E-state index in [1.165, 1.54) is 5.56 Å². The maximum atomic E-state index is 13.1. The summed E-state index contributed by atoms with van der Waals surface area (Å²) in [5, 5.41) is 2.93. The zero-order chi connectivity index (χ0) is 21.8. The molecule has 2 aromatic carbocycles. The quantitative estimate of drug-likeness (QED) is 0.575. The van der Waals surface area contributed by atoms with E-state index in [4.69, 9.17) is 4.74 Å². The van der Waals surface area contributed by atoms with Crippen molar-refractivity contribution in [3.63, 3.8) is 0 Å². The fraction of sp³-hybridized carbons (Fsp3) is 0.440. The molecule has 162 valence electrons. The van der Waals surface area contributed by atoms with Gasteiger partial charge in [-0.1, -0.05) is 63.2 Å². The lowest BCUT2D eigenvalue weighted by Crippen LogP contribution is -2.51. The molecule has 0 saturated heterocycles. The highest BCUT2D eigenvalue weighted by Gasteiger charge is 2.28. The number of rotatable bonds is 12. The summed E-state index contributed by atoms with van der Waals surface area (Å²) in [5.74, 6) is 0.379. The summed E-state index contributed by atoms with van der Waals surface area (Å²) in [6.07, 6.45) is 3.06. The molecule has 0 saturated carbocycles. The summed E-state index contributed by atoms with van der Waals surface area (Å²) < 4.78 is 5.73. The monoisotopic (exact) mass is 410 g/mol. The first-order chi connectivity index (χ1) is 14.6. The van der Waals surface area contributed by atoms with Crippen molar-refractivity contribution in [3.05, 3.63) is 65.7 Å². The Morgan fingerprint density at radius 2 is 1.67 bits per heavy atom. The normalized spacial score (nSPS) is 11.6. The second kappa shape index (κ2) is 12.7. The van der Waals surface area contributed by atoms with Gasteiger partial charge in [0.2, 0.25) is 5.91 Å². The Morgan fingerprint density at radius 3 is 2.27 bits per heavy atom. The van der Waals surface area contributed by atoms with Gasteiger partial charge in [-0.2, -0.15) is 0 Å². The van der Waals surface area contributed by atoms with E-state index in [0.29, 0.717) is 31.7 Å². The maximum Gasteiger partial charge on any atom is 0.261 e. The van der Waals surface area contributed by atoms with Crippen molar-refractivity contribution in [1.29, 1.82) is 0 Å². The van der Waals surface area contributed by atoms with Crippen molar-refractivity contribution in [3.8, 4) is 5.75 Å². The third-order valence-corrected chi connectivity index (χ3v) is 5.11. The zero-order valence-electron chi connectivity index (χ0n) is 18.4. The lowest BCUT2D eigenvalue weighted by Gasteiger charge is -2.30. The first-order valence-corrected chi connectivity index (χ1v) is 10.9. The van der Waals surface area contributed by atoms with E-state index >= 15 is 0 Å². The minimum absolute atomic E-state index is 0.0855. The zero-order valence-corrected chi connectivity index (χ0v) is 18.4. The minimum Gasteiger partial charge on any atom is -0.484 e. The molecule has 2 aromatic rings. The molecule has 0 aromatic heterocycles. The number of aryl methyl sites for hydroxylation is 1. The summed E-state index contributed by atoms with van der Waals surface area (Å²) in [6, 6.07) is 17.3. The molecule has 0 spiro atoms. The number of nitrogens with zero attached hydrogens (tertiary/aromatic N) is 1. The SMILES string of the molecule is CCCNC(=O)[C@@H](CC)N(CCc1ccccc1)C(=O)COc1ccc(CC)cc1. The van der Waals surface area contributed by atoms with Crippen LogP contribution < -0.4 is 10.1 Å². The van der Waals surface area contributed by atoms with Crippen LogP contribution in [0.15, 0.2) is 54.6 Å². The lowest BCUT2D eigenvalue weighted by atomic mass is 10.1. The average Bonchev–Trinajstić information content (AvgIpc) is 2.79. The molecule has 5 heteroatoms. The molecular formula is C25H34N2O3. The predicted octanol–water partition coefficient (Wildman–Crippen LogP) is 4.00. The smallest absolute Gasteiger partial charge is 0.261 e. The van der Waals surface area contributed by atoms with Crippen molar-refractivity contribution in [2.75, 3.05) is 19.7 Å². The van der Waals surface area contributed by atoms with Crippen LogP contribution in [-0.2, 0) is 22.4 Å². The number of hydrogen-bond donors (Lipinski definition) is 1. The third kappa shape index (κ3) is 7.21. The van der Waals surface area contributed by atoms with Crippen molar-refractivity contribution in [2.24, 2.45) is 0 Å². The van der Waals surface area contributed by atoms with E-state index in [0.717, 1.165) is 18.4 Å². The molecule has 0 aliphatic carbocycles. The Balaban J connectivity index is 2.08. The van der Waals surface area contributed by atoms with Gasteiger partial charge in [-0.15, -0.1) is 0 Å². The van der Waals surface area contributed by atoms with E-state index in [-0.39, 0.29) is 18.4 Å². The molecule has 0 radical (unpaired) electrons. The van der Waals surface area contributed by atoms with Crippen LogP contribution in [0.2, 0.25) is 0 Å². The van der Waals surface area contributed by atoms with Gasteiger partial charge in [0.05, 0.1) is 0 Å². The number of carbonyl (C=O) groups is 2. The molecule has 2 amide bonds. The van der Waals surface area contributed by atoms with Crippen molar-refractivity contribution < 1.29 is 14.3 Å². The van der Waals surface area contributed by atoms with Crippen molar-refractivity contribution >= 4 is 11.8 Å². The van der Waals surface area contributed by atoms with Gasteiger partial charge in [-0.05, 0) is 48.9 Å². The molecule has 0 unspecified atom stereocenters. The van der Waals surface area contributed by atoms with Gasteiger partial charge < -0.3 is 15.0 Å². The largest absolute Gasteiger partial charge is 0.484 e. The molecule has 2 rings (SSSR count). The van der Waals surface area contributed by atoms with Crippen LogP contribution in [0.5, 0.6) is 5.75 Å². The van der Waals surface area contributed by atoms with Crippen LogP contribution in [0.1, 0.15) is 44.7 Å². The Hall–Kier alpha value is -2.82. The summed E-state index contributed by atoms with van der Waals surface area (Å²) in [6.45, 7) is 7.03. The van der Waals surface area contributed by atoms with Crippen LogP contribution in [0.4, 0.5) is 0 Å². The highest BCUT2D eigenvalue weighted by atomic mass is 16.5. The summed E-state index contributed by atoms with van der Waals surface area (Å²) in [4.78, 5) is 27.4. The molecule has 30 heavy (non-hydrogen) atoms. The fourth-order valence-electron chi connectivity index (χ4n) is 3.31. The third-order valence-electron chi connectivity index (χ3n) is 5.11. The van der Waals surface area contributed by atoms with E-state index in [1.54, 1.807) is 4.90 Å². The van der Waals surface area contributed by atoms with Crippen LogP contribution in [0.25, 0.3) is 0 Å². The number of hydrogen-bond acceptors (Lipinski definition) is 3. The van der Waals surface area contributed by atoms with Gasteiger partial charge >= 0.3 is 0 Å². The van der Waals surface area contributed by atoms with Gasteiger partial charge in [-0.3, -0.25) is 9.59 Å².